The third-order valence-corrected chi connectivity index (χ3v) is 7.28. The second-order valence-corrected chi connectivity index (χ2v) is 9.22. The number of rotatable bonds is 6. The van der Waals surface area contributed by atoms with Crippen LogP contribution in [0.5, 0.6) is 0 Å². The summed E-state index contributed by atoms with van der Waals surface area (Å²) in [7, 11) is -3.57. The molecule has 1 aliphatic rings. The van der Waals surface area contributed by atoms with E-state index >= 15 is 0 Å². The number of carbonyl (C=O) groups excluding carboxylic acids is 1. The van der Waals surface area contributed by atoms with Crippen LogP contribution in [-0.2, 0) is 16.4 Å². The number of benzene rings is 1. The van der Waals surface area contributed by atoms with Crippen LogP contribution < -0.4 is 5.32 Å². The number of carbonyl (C=O) groups is 1. The summed E-state index contributed by atoms with van der Waals surface area (Å²) in [5, 5.41) is 5.03. The molecule has 3 rings (SSSR count). The quantitative estimate of drug-likeness (QED) is 0.812. The summed E-state index contributed by atoms with van der Waals surface area (Å²) in [6.45, 7) is 1.51. The summed E-state index contributed by atoms with van der Waals surface area (Å²) in [6, 6.07) is 8.27. The number of amides is 1. The lowest BCUT2D eigenvalue weighted by molar-refractivity contribution is 0.0954. The van der Waals surface area contributed by atoms with Crippen molar-refractivity contribution in [3.63, 3.8) is 0 Å². The van der Waals surface area contributed by atoms with Crippen LogP contribution in [-0.4, -0.2) is 38.3 Å². The summed E-state index contributed by atoms with van der Waals surface area (Å²) in [4.78, 5) is 13.7. The number of thiophene rings is 1. The molecule has 8 heteroatoms. The maximum atomic E-state index is 12.6. The highest BCUT2D eigenvalue weighted by Gasteiger charge is 2.28. The molecule has 1 aliphatic heterocycles. The second-order valence-electron chi connectivity index (χ2n) is 5.84. The van der Waals surface area contributed by atoms with Crippen molar-refractivity contribution in [1.29, 1.82) is 0 Å². The fourth-order valence-electron chi connectivity index (χ4n) is 2.77. The lowest BCUT2D eigenvalue weighted by atomic mass is 10.2. The number of halogens is 1. The van der Waals surface area contributed by atoms with Crippen molar-refractivity contribution >= 4 is 38.9 Å². The molecule has 2 heterocycles. The van der Waals surface area contributed by atoms with E-state index in [0.29, 0.717) is 19.6 Å². The van der Waals surface area contributed by atoms with Crippen molar-refractivity contribution in [1.82, 2.24) is 9.62 Å². The van der Waals surface area contributed by atoms with Gasteiger partial charge in [0.2, 0.25) is 10.0 Å². The van der Waals surface area contributed by atoms with Crippen LogP contribution in [0.2, 0.25) is 5.02 Å². The van der Waals surface area contributed by atoms with E-state index in [4.69, 9.17) is 11.6 Å². The Labute approximate surface area is 156 Å². The molecule has 1 amide bonds. The molecule has 2 aromatic rings. The number of hydrogen-bond acceptors (Lipinski definition) is 4. The Morgan fingerprint density at radius 1 is 1.24 bits per heavy atom. The summed E-state index contributed by atoms with van der Waals surface area (Å²) in [5.41, 5.74) is 0.188. The second kappa shape index (κ2) is 7.86. The Kier molecular flexibility index (Phi) is 5.78. The molecule has 1 aromatic carbocycles. The van der Waals surface area contributed by atoms with Gasteiger partial charge in [0, 0.05) is 24.5 Å². The molecule has 1 saturated heterocycles. The van der Waals surface area contributed by atoms with Crippen molar-refractivity contribution in [3.05, 3.63) is 51.2 Å². The molecule has 1 N–H and O–H groups in total. The number of sulfonamides is 1. The van der Waals surface area contributed by atoms with E-state index in [-0.39, 0.29) is 21.4 Å². The molecule has 1 aromatic heterocycles. The lowest BCUT2D eigenvalue weighted by Crippen LogP contribution is -2.29. The van der Waals surface area contributed by atoms with Crippen LogP contribution in [0.1, 0.15) is 28.1 Å². The minimum Gasteiger partial charge on any atom is -0.352 e. The molecule has 0 spiro atoms. The van der Waals surface area contributed by atoms with Crippen LogP contribution >= 0.6 is 22.9 Å². The number of nitrogens with zero attached hydrogens (tertiary/aromatic N) is 1. The minimum absolute atomic E-state index is 0.113. The topological polar surface area (TPSA) is 66.5 Å². The van der Waals surface area contributed by atoms with Crippen LogP contribution in [0, 0.1) is 0 Å². The Hall–Kier alpha value is -1.41. The average Bonchev–Trinajstić information content (AvgIpc) is 3.29. The Morgan fingerprint density at radius 2 is 2.00 bits per heavy atom. The monoisotopic (exact) mass is 398 g/mol. The summed E-state index contributed by atoms with van der Waals surface area (Å²) in [5.74, 6) is -0.361. The van der Waals surface area contributed by atoms with Crippen molar-refractivity contribution in [2.45, 2.75) is 24.2 Å². The van der Waals surface area contributed by atoms with Crippen molar-refractivity contribution in [2.24, 2.45) is 0 Å². The van der Waals surface area contributed by atoms with Gasteiger partial charge in [0.05, 0.1) is 15.5 Å². The van der Waals surface area contributed by atoms with E-state index in [2.05, 4.69) is 5.32 Å². The van der Waals surface area contributed by atoms with Crippen molar-refractivity contribution < 1.29 is 13.2 Å². The van der Waals surface area contributed by atoms with Gasteiger partial charge in [-0.3, -0.25) is 4.79 Å². The molecule has 0 unspecified atom stereocenters. The van der Waals surface area contributed by atoms with E-state index < -0.39 is 10.0 Å². The standard InChI is InChI=1S/C17H19ClN2O3S2/c18-16-6-5-14(25(22,23)20-9-1-2-10-20)12-15(16)17(21)19-8-7-13-4-3-11-24-13/h3-6,11-12H,1-2,7-10H2,(H,19,21). The third-order valence-electron chi connectivity index (χ3n) is 4.12. The smallest absolute Gasteiger partial charge is 0.252 e. The van der Waals surface area contributed by atoms with Gasteiger partial charge in [-0.1, -0.05) is 17.7 Å². The third kappa shape index (κ3) is 4.23. The van der Waals surface area contributed by atoms with E-state index in [1.807, 2.05) is 17.5 Å². The molecule has 1 fully saturated rings. The molecular weight excluding hydrogens is 380 g/mol. The first-order valence-corrected chi connectivity index (χ1v) is 10.8. The highest BCUT2D eigenvalue weighted by atomic mass is 35.5. The van der Waals surface area contributed by atoms with Gasteiger partial charge in [-0.05, 0) is 48.9 Å². The molecule has 5 nitrogen and oxygen atoms in total. The molecular formula is C17H19ClN2O3S2. The normalized spacial score (nSPS) is 15.4. The molecule has 25 heavy (non-hydrogen) atoms. The van der Waals surface area contributed by atoms with Gasteiger partial charge < -0.3 is 5.32 Å². The minimum atomic E-state index is -3.57. The molecule has 0 bridgehead atoms. The molecule has 134 valence electrons. The maximum absolute atomic E-state index is 12.6. The van der Waals surface area contributed by atoms with Gasteiger partial charge in [0.1, 0.15) is 0 Å². The molecule has 0 aliphatic carbocycles. The van der Waals surface area contributed by atoms with E-state index in [9.17, 15) is 13.2 Å². The first kappa shape index (κ1) is 18.4. The van der Waals surface area contributed by atoms with Gasteiger partial charge in [-0.15, -0.1) is 11.3 Å². The molecule has 0 atom stereocenters. The largest absolute Gasteiger partial charge is 0.352 e. The highest BCUT2D eigenvalue weighted by Crippen LogP contribution is 2.25. The predicted molar refractivity (Wildman–Crippen MR) is 99.8 cm³/mol. The fraction of sp³-hybridized carbons (Fsp3) is 0.353. The van der Waals surface area contributed by atoms with Gasteiger partial charge in [-0.25, -0.2) is 8.42 Å². The number of nitrogens with one attached hydrogen (secondary N) is 1. The Balaban J connectivity index is 1.73. The van der Waals surface area contributed by atoms with Gasteiger partial charge in [0.25, 0.3) is 5.91 Å². The van der Waals surface area contributed by atoms with E-state index in [1.165, 1.54) is 27.4 Å². The van der Waals surface area contributed by atoms with Gasteiger partial charge >= 0.3 is 0 Å². The van der Waals surface area contributed by atoms with Gasteiger partial charge in [0.15, 0.2) is 0 Å². The number of hydrogen-bond donors (Lipinski definition) is 1. The van der Waals surface area contributed by atoms with Crippen LogP contribution in [0.15, 0.2) is 40.6 Å². The highest BCUT2D eigenvalue weighted by molar-refractivity contribution is 7.89. The summed E-state index contributed by atoms with van der Waals surface area (Å²) >= 11 is 7.74. The molecule has 0 radical (unpaired) electrons. The van der Waals surface area contributed by atoms with E-state index in [0.717, 1.165) is 19.3 Å². The summed E-state index contributed by atoms with van der Waals surface area (Å²) < 4.78 is 26.7. The Morgan fingerprint density at radius 3 is 2.68 bits per heavy atom. The lowest BCUT2D eigenvalue weighted by Gasteiger charge is -2.16. The zero-order valence-electron chi connectivity index (χ0n) is 13.6. The van der Waals surface area contributed by atoms with Crippen LogP contribution in [0.25, 0.3) is 0 Å². The first-order valence-electron chi connectivity index (χ1n) is 8.09. The molecule has 0 saturated carbocycles. The van der Waals surface area contributed by atoms with Crippen LogP contribution in [0.3, 0.4) is 0 Å². The van der Waals surface area contributed by atoms with Crippen molar-refractivity contribution in [2.75, 3.05) is 19.6 Å². The first-order chi connectivity index (χ1) is 12.0. The predicted octanol–water partition coefficient (Wildman–Crippen LogP) is 3.16. The zero-order chi connectivity index (χ0) is 17.9. The van der Waals surface area contributed by atoms with Crippen molar-refractivity contribution in [3.8, 4) is 0 Å². The van der Waals surface area contributed by atoms with E-state index in [1.54, 1.807) is 11.3 Å². The Bertz CT molecular complexity index is 845. The maximum Gasteiger partial charge on any atom is 0.252 e. The summed E-state index contributed by atoms with van der Waals surface area (Å²) in [6.07, 6.45) is 2.46. The zero-order valence-corrected chi connectivity index (χ0v) is 16.0. The van der Waals surface area contributed by atoms with Crippen LogP contribution in [0.4, 0.5) is 0 Å². The van der Waals surface area contributed by atoms with Gasteiger partial charge in [-0.2, -0.15) is 4.31 Å². The fourth-order valence-corrected chi connectivity index (χ4v) is 5.22. The average molecular weight is 399 g/mol. The SMILES string of the molecule is O=C(NCCc1cccs1)c1cc(S(=O)(=O)N2CCCC2)ccc1Cl.